The molecule has 18 heavy (non-hydrogen) atoms. The van der Waals surface area contributed by atoms with Gasteiger partial charge in [-0.1, -0.05) is 32.4 Å². The number of hydrogen-bond acceptors (Lipinski definition) is 4. The molecule has 2 atom stereocenters. The average molecular weight is 292 g/mol. The molecule has 0 N–H and O–H groups in total. The van der Waals surface area contributed by atoms with Gasteiger partial charge in [-0.05, 0) is 13.1 Å². The van der Waals surface area contributed by atoms with Gasteiger partial charge in [-0.25, -0.2) is 0 Å². The summed E-state index contributed by atoms with van der Waals surface area (Å²) < 4.78 is 16.9. The monoisotopic (exact) mass is 291 g/mol. The van der Waals surface area contributed by atoms with Crippen molar-refractivity contribution < 1.29 is 18.7 Å². The summed E-state index contributed by atoms with van der Waals surface area (Å²) in [4.78, 5) is 12.2. The first-order valence-corrected chi connectivity index (χ1v) is 8.54. The Morgan fingerprint density at radius 1 is 1.44 bits per heavy atom. The van der Waals surface area contributed by atoms with Crippen molar-refractivity contribution in [3.05, 3.63) is 11.3 Å². The molecular formula is C12H20ClO4Si. The number of ether oxygens (including phenoxy) is 2. The SMILES string of the molecule is COC1(C(C)(C)C)OC=C(Cl)C(=O)C1O[Si](C)C. The largest absolute Gasteiger partial charge is 0.464 e. The van der Waals surface area contributed by atoms with E-state index in [4.69, 9.17) is 25.5 Å². The van der Waals surface area contributed by atoms with Gasteiger partial charge in [0.1, 0.15) is 11.3 Å². The first kappa shape index (κ1) is 15.7. The topological polar surface area (TPSA) is 44.8 Å². The summed E-state index contributed by atoms with van der Waals surface area (Å²) in [5.41, 5.74) is -0.437. The summed E-state index contributed by atoms with van der Waals surface area (Å²) in [5, 5.41) is 0.0418. The molecule has 0 aromatic carbocycles. The van der Waals surface area contributed by atoms with Crippen LogP contribution in [-0.4, -0.2) is 33.8 Å². The van der Waals surface area contributed by atoms with Crippen molar-refractivity contribution in [1.82, 2.24) is 0 Å². The van der Waals surface area contributed by atoms with Crippen LogP contribution in [0.2, 0.25) is 13.1 Å². The Hall–Kier alpha value is -0.363. The van der Waals surface area contributed by atoms with Gasteiger partial charge in [0.2, 0.25) is 20.6 Å². The zero-order chi connectivity index (χ0) is 14.1. The molecule has 1 aliphatic rings. The second kappa shape index (κ2) is 5.33. The van der Waals surface area contributed by atoms with Gasteiger partial charge in [0, 0.05) is 12.5 Å². The number of halogens is 1. The lowest BCUT2D eigenvalue weighted by Crippen LogP contribution is -2.61. The summed E-state index contributed by atoms with van der Waals surface area (Å²) >= 11 is 5.84. The minimum atomic E-state index is -1.15. The standard InChI is InChI=1S/C12H20ClO4Si/c1-11(2,3)12(15-4)10(17-18(5)6)9(14)8(13)7-16-12/h7,10H,1-6H3. The van der Waals surface area contributed by atoms with Crippen LogP contribution in [0.15, 0.2) is 11.3 Å². The number of Topliss-reactive ketones (excluding diaryl/α,β-unsaturated/α-hetero) is 1. The van der Waals surface area contributed by atoms with Crippen molar-refractivity contribution in [3.63, 3.8) is 0 Å². The van der Waals surface area contributed by atoms with Gasteiger partial charge in [0.25, 0.3) is 0 Å². The number of carbonyl (C=O) groups is 1. The fraction of sp³-hybridized carbons (Fsp3) is 0.750. The summed E-state index contributed by atoms with van der Waals surface area (Å²) in [5.74, 6) is -1.43. The molecular weight excluding hydrogens is 272 g/mol. The first-order valence-electron chi connectivity index (χ1n) is 5.75. The van der Waals surface area contributed by atoms with E-state index >= 15 is 0 Å². The fourth-order valence-corrected chi connectivity index (χ4v) is 2.83. The third kappa shape index (κ3) is 2.64. The number of hydrogen-bond donors (Lipinski definition) is 0. The van der Waals surface area contributed by atoms with E-state index in [1.54, 1.807) is 0 Å². The highest BCUT2D eigenvalue weighted by Gasteiger charge is 2.57. The van der Waals surface area contributed by atoms with Gasteiger partial charge in [-0.15, -0.1) is 0 Å². The summed E-state index contributed by atoms with van der Waals surface area (Å²) in [7, 11) is 0.418. The second-order valence-corrected chi connectivity index (χ2v) is 7.94. The number of rotatable bonds is 3. The molecule has 1 aliphatic heterocycles. The minimum Gasteiger partial charge on any atom is -0.464 e. The lowest BCUT2D eigenvalue weighted by molar-refractivity contribution is -0.288. The molecule has 0 aromatic rings. The molecule has 0 amide bonds. The smallest absolute Gasteiger partial charge is 0.247 e. The predicted molar refractivity (Wildman–Crippen MR) is 71.6 cm³/mol. The van der Waals surface area contributed by atoms with Crippen LogP contribution in [0.3, 0.4) is 0 Å². The number of methoxy groups -OCH3 is 1. The van der Waals surface area contributed by atoms with Gasteiger partial charge in [-0.2, -0.15) is 0 Å². The van der Waals surface area contributed by atoms with Crippen LogP contribution in [0.1, 0.15) is 20.8 Å². The van der Waals surface area contributed by atoms with Crippen molar-refractivity contribution in [2.45, 2.75) is 45.8 Å². The van der Waals surface area contributed by atoms with Crippen LogP contribution in [0.4, 0.5) is 0 Å². The molecule has 0 bridgehead atoms. The van der Waals surface area contributed by atoms with Crippen molar-refractivity contribution in [2.75, 3.05) is 7.11 Å². The van der Waals surface area contributed by atoms with Crippen molar-refractivity contribution >= 4 is 26.4 Å². The van der Waals surface area contributed by atoms with E-state index in [9.17, 15) is 4.79 Å². The maximum Gasteiger partial charge on any atom is 0.247 e. The molecule has 1 heterocycles. The molecule has 0 fully saturated rings. The molecule has 4 nitrogen and oxygen atoms in total. The molecule has 2 unspecified atom stereocenters. The second-order valence-electron chi connectivity index (χ2n) is 5.48. The Labute approximate surface area is 115 Å². The summed E-state index contributed by atoms with van der Waals surface area (Å²) in [6, 6.07) is 0. The van der Waals surface area contributed by atoms with Gasteiger partial charge in [0.15, 0.2) is 6.10 Å². The molecule has 103 valence electrons. The van der Waals surface area contributed by atoms with Crippen molar-refractivity contribution in [3.8, 4) is 0 Å². The van der Waals surface area contributed by atoms with Crippen LogP contribution in [0, 0.1) is 5.41 Å². The van der Waals surface area contributed by atoms with Crippen LogP contribution in [-0.2, 0) is 18.7 Å². The molecule has 0 saturated carbocycles. The van der Waals surface area contributed by atoms with E-state index in [0.29, 0.717) is 0 Å². The Bertz CT molecular complexity index is 362. The Balaban J connectivity index is 3.25. The molecule has 0 saturated heterocycles. The maximum absolute atomic E-state index is 12.2. The van der Waals surface area contributed by atoms with E-state index < -0.39 is 26.3 Å². The average Bonchev–Trinajstić information content (AvgIpc) is 2.23. The Kier molecular flexibility index (Phi) is 4.64. The molecule has 0 aromatic heterocycles. The number of ketones is 1. The third-order valence-electron chi connectivity index (χ3n) is 2.86. The minimum absolute atomic E-state index is 0.0418. The quantitative estimate of drug-likeness (QED) is 0.750. The Morgan fingerprint density at radius 2 is 2.00 bits per heavy atom. The highest BCUT2D eigenvalue weighted by Crippen LogP contribution is 2.43. The van der Waals surface area contributed by atoms with Crippen molar-refractivity contribution in [2.24, 2.45) is 5.41 Å². The summed E-state index contributed by atoms with van der Waals surface area (Å²) in [6.07, 6.45) is 0.417. The predicted octanol–water partition coefficient (Wildman–Crippen LogP) is 2.69. The van der Waals surface area contributed by atoms with E-state index in [0.717, 1.165) is 0 Å². The van der Waals surface area contributed by atoms with Gasteiger partial charge in [0.05, 0.1) is 0 Å². The molecule has 6 heteroatoms. The van der Waals surface area contributed by atoms with Crippen LogP contribution in [0.5, 0.6) is 0 Å². The lowest BCUT2D eigenvalue weighted by Gasteiger charge is -2.48. The van der Waals surface area contributed by atoms with Gasteiger partial charge >= 0.3 is 0 Å². The first-order chi connectivity index (χ1) is 8.15. The van der Waals surface area contributed by atoms with E-state index in [2.05, 4.69) is 0 Å². The molecule has 1 rings (SSSR count). The van der Waals surface area contributed by atoms with E-state index in [1.807, 2.05) is 33.9 Å². The molecule has 0 aliphatic carbocycles. The Morgan fingerprint density at radius 3 is 2.39 bits per heavy atom. The summed E-state index contributed by atoms with van der Waals surface area (Å²) in [6.45, 7) is 9.71. The van der Waals surface area contributed by atoms with E-state index in [-0.39, 0.29) is 10.8 Å². The zero-order valence-electron chi connectivity index (χ0n) is 11.7. The highest BCUT2D eigenvalue weighted by molar-refractivity contribution is 6.49. The fourth-order valence-electron chi connectivity index (χ4n) is 1.96. The molecule has 1 radical (unpaired) electrons. The third-order valence-corrected chi connectivity index (χ3v) is 3.84. The van der Waals surface area contributed by atoms with Crippen molar-refractivity contribution in [1.29, 1.82) is 0 Å². The lowest BCUT2D eigenvalue weighted by atomic mass is 9.79. The number of carbonyl (C=O) groups excluding carboxylic acids is 1. The van der Waals surface area contributed by atoms with Gasteiger partial charge < -0.3 is 13.9 Å². The highest BCUT2D eigenvalue weighted by atomic mass is 35.5. The maximum atomic E-state index is 12.2. The zero-order valence-corrected chi connectivity index (χ0v) is 13.4. The normalized spacial score (nSPS) is 29.2. The van der Waals surface area contributed by atoms with Crippen LogP contribution in [0.25, 0.3) is 0 Å². The molecule has 0 spiro atoms. The van der Waals surface area contributed by atoms with E-state index in [1.165, 1.54) is 13.4 Å². The van der Waals surface area contributed by atoms with Crippen LogP contribution < -0.4 is 0 Å². The van der Waals surface area contributed by atoms with Gasteiger partial charge in [-0.3, -0.25) is 4.79 Å². The van der Waals surface area contributed by atoms with Crippen LogP contribution >= 0.6 is 11.6 Å².